The van der Waals surface area contributed by atoms with Crippen molar-refractivity contribution in [1.29, 1.82) is 0 Å². The summed E-state index contributed by atoms with van der Waals surface area (Å²) >= 11 is 1.74. The maximum Gasteiger partial charge on any atom is 0.292 e. The molecule has 0 unspecified atom stereocenters. The number of hydrogen-bond acceptors (Lipinski definition) is 5. The largest absolute Gasteiger partial charge is 0.392 e. The molecule has 0 spiro atoms. The van der Waals surface area contributed by atoms with Crippen molar-refractivity contribution in [3.05, 3.63) is 33.9 Å². The van der Waals surface area contributed by atoms with Crippen LogP contribution in [0.25, 0.3) is 0 Å². The first kappa shape index (κ1) is 13.8. The fourth-order valence-corrected chi connectivity index (χ4v) is 1.85. The van der Waals surface area contributed by atoms with Crippen LogP contribution in [0, 0.1) is 10.1 Å². The van der Waals surface area contributed by atoms with Crippen molar-refractivity contribution in [3.8, 4) is 0 Å². The summed E-state index contributed by atoms with van der Waals surface area (Å²) in [7, 11) is 0. The predicted octanol–water partition coefficient (Wildman–Crippen LogP) is 2.25. The van der Waals surface area contributed by atoms with Crippen LogP contribution in [-0.2, 0) is 6.61 Å². The molecular formula is C11H16N2O3S. The molecule has 1 rings (SSSR count). The zero-order valence-corrected chi connectivity index (χ0v) is 10.5. The van der Waals surface area contributed by atoms with Gasteiger partial charge in [0.2, 0.25) is 0 Å². The van der Waals surface area contributed by atoms with Gasteiger partial charge < -0.3 is 10.4 Å². The number of nitrogens with zero attached hydrogens (tertiary/aromatic N) is 1. The Kier molecular flexibility index (Phi) is 5.79. The molecule has 17 heavy (non-hydrogen) atoms. The molecule has 6 heteroatoms. The minimum Gasteiger partial charge on any atom is -0.392 e. The van der Waals surface area contributed by atoms with Gasteiger partial charge in [0.25, 0.3) is 5.69 Å². The Balaban J connectivity index is 2.75. The molecule has 0 aliphatic rings. The SMILES string of the molecule is CSCCCNc1cc(CO)ccc1[N+](=O)[O-]. The van der Waals surface area contributed by atoms with Gasteiger partial charge in [-0.1, -0.05) is 0 Å². The van der Waals surface area contributed by atoms with E-state index in [4.69, 9.17) is 5.11 Å². The van der Waals surface area contributed by atoms with Crippen LogP contribution >= 0.6 is 11.8 Å². The topological polar surface area (TPSA) is 75.4 Å². The predicted molar refractivity (Wildman–Crippen MR) is 70.5 cm³/mol. The summed E-state index contributed by atoms with van der Waals surface area (Å²) in [4.78, 5) is 10.4. The lowest BCUT2D eigenvalue weighted by atomic mass is 10.2. The summed E-state index contributed by atoms with van der Waals surface area (Å²) in [6, 6.07) is 4.60. The highest BCUT2D eigenvalue weighted by Gasteiger charge is 2.13. The maximum absolute atomic E-state index is 10.8. The number of nitrogens with one attached hydrogen (secondary N) is 1. The van der Waals surface area contributed by atoms with E-state index < -0.39 is 4.92 Å². The molecule has 0 atom stereocenters. The van der Waals surface area contributed by atoms with Gasteiger partial charge in [-0.05, 0) is 36.1 Å². The van der Waals surface area contributed by atoms with E-state index in [-0.39, 0.29) is 12.3 Å². The summed E-state index contributed by atoms with van der Waals surface area (Å²) in [5.74, 6) is 1.01. The monoisotopic (exact) mass is 256 g/mol. The van der Waals surface area contributed by atoms with Gasteiger partial charge in [-0.25, -0.2) is 0 Å². The highest BCUT2D eigenvalue weighted by atomic mass is 32.2. The van der Waals surface area contributed by atoms with E-state index in [1.807, 2.05) is 6.26 Å². The number of aliphatic hydroxyl groups is 1. The van der Waals surface area contributed by atoms with Gasteiger partial charge in [0, 0.05) is 12.6 Å². The second-order valence-corrected chi connectivity index (χ2v) is 4.53. The second-order valence-electron chi connectivity index (χ2n) is 3.54. The van der Waals surface area contributed by atoms with Crippen LogP contribution < -0.4 is 5.32 Å². The van der Waals surface area contributed by atoms with Gasteiger partial charge >= 0.3 is 0 Å². The maximum atomic E-state index is 10.8. The quantitative estimate of drug-likeness (QED) is 0.444. The third-order valence-corrected chi connectivity index (χ3v) is 2.98. The molecule has 0 amide bonds. The van der Waals surface area contributed by atoms with Crippen molar-refractivity contribution in [2.75, 3.05) is 23.9 Å². The highest BCUT2D eigenvalue weighted by molar-refractivity contribution is 7.98. The third kappa shape index (κ3) is 4.24. The highest BCUT2D eigenvalue weighted by Crippen LogP contribution is 2.25. The first-order valence-electron chi connectivity index (χ1n) is 5.30. The van der Waals surface area contributed by atoms with Gasteiger partial charge in [-0.2, -0.15) is 11.8 Å². The molecule has 0 saturated carbocycles. The number of benzene rings is 1. The van der Waals surface area contributed by atoms with Gasteiger partial charge in [0.05, 0.1) is 11.5 Å². The molecular weight excluding hydrogens is 240 g/mol. The van der Waals surface area contributed by atoms with Crippen molar-refractivity contribution in [3.63, 3.8) is 0 Å². The fraction of sp³-hybridized carbons (Fsp3) is 0.455. The molecule has 0 saturated heterocycles. The zero-order chi connectivity index (χ0) is 12.7. The number of nitro groups is 1. The van der Waals surface area contributed by atoms with Crippen LogP contribution in [0.3, 0.4) is 0 Å². The number of anilines is 1. The van der Waals surface area contributed by atoms with E-state index in [0.717, 1.165) is 12.2 Å². The molecule has 0 heterocycles. The van der Waals surface area contributed by atoms with Crippen LogP contribution in [0.2, 0.25) is 0 Å². The molecule has 0 aliphatic heterocycles. The van der Waals surface area contributed by atoms with Gasteiger partial charge in [0.1, 0.15) is 5.69 Å². The summed E-state index contributed by atoms with van der Waals surface area (Å²) < 4.78 is 0. The molecule has 0 fully saturated rings. The number of rotatable bonds is 7. The molecule has 5 nitrogen and oxygen atoms in total. The lowest BCUT2D eigenvalue weighted by molar-refractivity contribution is -0.384. The Morgan fingerprint density at radius 3 is 2.88 bits per heavy atom. The number of thioether (sulfide) groups is 1. The Hall–Kier alpha value is -1.27. The minimum atomic E-state index is -0.419. The molecule has 1 aromatic carbocycles. The van der Waals surface area contributed by atoms with Gasteiger partial charge in [0.15, 0.2) is 0 Å². The lowest BCUT2D eigenvalue weighted by Gasteiger charge is -2.08. The molecule has 0 aromatic heterocycles. The van der Waals surface area contributed by atoms with E-state index in [2.05, 4.69) is 5.32 Å². The van der Waals surface area contributed by atoms with Crippen molar-refractivity contribution >= 4 is 23.1 Å². The van der Waals surface area contributed by atoms with Gasteiger partial charge in [-0.15, -0.1) is 0 Å². The van der Waals surface area contributed by atoms with E-state index >= 15 is 0 Å². The summed E-state index contributed by atoms with van der Waals surface area (Å²) in [6.07, 6.45) is 2.97. The molecule has 0 bridgehead atoms. The van der Waals surface area contributed by atoms with Crippen LogP contribution in [0.1, 0.15) is 12.0 Å². The smallest absolute Gasteiger partial charge is 0.292 e. The summed E-state index contributed by atoms with van der Waals surface area (Å²) in [6.45, 7) is 0.577. The van der Waals surface area contributed by atoms with Gasteiger partial charge in [-0.3, -0.25) is 10.1 Å². The lowest BCUT2D eigenvalue weighted by Crippen LogP contribution is -2.05. The Labute approximate surface area is 104 Å². The molecule has 1 aromatic rings. The number of nitro benzene ring substituents is 1. The molecule has 0 radical (unpaired) electrons. The third-order valence-electron chi connectivity index (χ3n) is 2.28. The van der Waals surface area contributed by atoms with Crippen molar-refractivity contribution < 1.29 is 10.0 Å². The normalized spacial score (nSPS) is 10.2. The average Bonchev–Trinajstić information content (AvgIpc) is 2.34. The van der Waals surface area contributed by atoms with Crippen molar-refractivity contribution in [2.24, 2.45) is 0 Å². The Morgan fingerprint density at radius 1 is 1.53 bits per heavy atom. The average molecular weight is 256 g/mol. The second kappa shape index (κ2) is 7.13. The van der Waals surface area contributed by atoms with Crippen LogP contribution in [-0.4, -0.2) is 28.6 Å². The van der Waals surface area contributed by atoms with Crippen LogP contribution in [0.15, 0.2) is 18.2 Å². The Morgan fingerprint density at radius 2 is 2.29 bits per heavy atom. The standard InChI is InChI=1S/C11H16N2O3S/c1-17-6-2-5-12-10-7-9(8-14)3-4-11(10)13(15)16/h3-4,7,12,14H,2,5-6,8H2,1H3. The van der Waals surface area contributed by atoms with E-state index in [0.29, 0.717) is 17.8 Å². The molecule has 94 valence electrons. The van der Waals surface area contributed by atoms with Crippen molar-refractivity contribution in [1.82, 2.24) is 0 Å². The first-order valence-corrected chi connectivity index (χ1v) is 6.69. The Bertz CT molecular complexity index is 385. The van der Waals surface area contributed by atoms with E-state index in [1.165, 1.54) is 6.07 Å². The van der Waals surface area contributed by atoms with Crippen LogP contribution in [0.5, 0.6) is 0 Å². The molecule has 0 aliphatic carbocycles. The van der Waals surface area contributed by atoms with Crippen molar-refractivity contribution in [2.45, 2.75) is 13.0 Å². The summed E-state index contributed by atoms with van der Waals surface area (Å²) in [5, 5.41) is 22.8. The number of aliphatic hydroxyl groups excluding tert-OH is 1. The number of hydrogen-bond donors (Lipinski definition) is 2. The molecule has 2 N–H and O–H groups in total. The van der Waals surface area contributed by atoms with E-state index in [1.54, 1.807) is 23.9 Å². The fourth-order valence-electron chi connectivity index (χ4n) is 1.42. The first-order chi connectivity index (χ1) is 8.19. The van der Waals surface area contributed by atoms with E-state index in [9.17, 15) is 10.1 Å². The summed E-state index contributed by atoms with van der Waals surface area (Å²) in [5.41, 5.74) is 1.19. The minimum absolute atomic E-state index is 0.0475. The van der Waals surface area contributed by atoms with Crippen LogP contribution in [0.4, 0.5) is 11.4 Å². The zero-order valence-electron chi connectivity index (χ0n) is 9.68.